The summed E-state index contributed by atoms with van der Waals surface area (Å²) < 4.78 is 17.4. The van der Waals surface area contributed by atoms with Gasteiger partial charge in [0.15, 0.2) is 0 Å². The summed E-state index contributed by atoms with van der Waals surface area (Å²) in [5, 5.41) is 0. The Balaban J connectivity index is 0.000000424. The molecule has 1 aromatic rings. The van der Waals surface area contributed by atoms with Crippen molar-refractivity contribution in [3.63, 3.8) is 0 Å². The fourth-order valence-electron chi connectivity index (χ4n) is 0.821. The molecule has 0 unspecified atom stereocenters. The lowest BCUT2D eigenvalue weighted by Crippen LogP contribution is -1.85. The molecule has 0 fully saturated rings. The van der Waals surface area contributed by atoms with Gasteiger partial charge in [0, 0.05) is 6.07 Å². The van der Waals surface area contributed by atoms with Crippen LogP contribution in [0.15, 0.2) is 18.2 Å². The van der Waals surface area contributed by atoms with Crippen LogP contribution in [-0.2, 0) is 0 Å². The van der Waals surface area contributed by atoms with Crippen LogP contribution in [0.4, 0.5) is 4.39 Å². The highest BCUT2D eigenvalue weighted by Gasteiger charge is 1.95. The summed E-state index contributed by atoms with van der Waals surface area (Å²) in [7, 11) is 1.52. The standard InChI is InChI=1S/C8H9FO.C3H8/c1-6-3-7(9)5-8(4-6)10-2;1-3-2/h3-5H,1-2H3;3H2,1-2H3. The third-order valence-corrected chi connectivity index (χ3v) is 1.25. The first-order valence-electron chi connectivity index (χ1n) is 4.45. The molecule has 0 atom stereocenters. The van der Waals surface area contributed by atoms with Crippen LogP contribution in [0.3, 0.4) is 0 Å². The molecule has 1 rings (SSSR count). The molecule has 0 spiro atoms. The summed E-state index contributed by atoms with van der Waals surface area (Å²) in [5.74, 6) is 0.314. The molecule has 1 nitrogen and oxygen atoms in total. The molecule has 0 N–H and O–H groups in total. The third-order valence-electron chi connectivity index (χ3n) is 1.25. The van der Waals surface area contributed by atoms with E-state index in [9.17, 15) is 4.39 Å². The molecule has 0 radical (unpaired) electrons. The van der Waals surface area contributed by atoms with Crippen LogP contribution in [0.25, 0.3) is 0 Å². The maximum Gasteiger partial charge on any atom is 0.127 e. The minimum Gasteiger partial charge on any atom is -0.497 e. The van der Waals surface area contributed by atoms with E-state index in [0.29, 0.717) is 5.75 Å². The summed E-state index contributed by atoms with van der Waals surface area (Å²) in [4.78, 5) is 0. The monoisotopic (exact) mass is 184 g/mol. The number of ether oxygens (including phenoxy) is 1. The summed E-state index contributed by atoms with van der Waals surface area (Å²) in [5.41, 5.74) is 0.872. The molecule has 0 bridgehead atoms. The fraction of sp³-hybridized carbons (Fsp3) is 0.455. The first-order valence-corrected chi connectivity index (χ1v) is 4.45. The van der Waals surface area contributed by atoms with Gasteiger partial charge < -0.3 is 4.74 Å². The van der Waals surface area contributed by atoms with E-state index in [4.69, 9.17) is 4.74 Å². The van der Waals surface area contributed by atoms with Gasteiger partial charge in [-0.2, -0.15) is 0 Å². The van der Waals surface area contributed by atoms with Crippen molar-refractivity contribution in [1.29, 1.82) is 0 Å². The van der Waals surface area contributed by atoms with Crippen molar-refractivity contribution < 1.29 is 9.13 Å². The predicted octanol–water partition coefficient (Wildman–Crippen LogP) is 3.56. The molecule has 0 saturated heterocycles. The van der Waals surface area contributed by atoms with Crippen molar-refractivity contribution in [2.45, 2.75) is 27.2 Å². The van der Waals surface area contributed by atoms with Crippen LogP contribution in [0.2, 0.25) is 0 Å². The van der Waals surface area contributed by atoms with E-state index in [1.165, 1.54) is 25.7 Å². The average Bonchev–Trinajstić information content (AvgIpc) is 2.04. The number of rotatable bonds is 1. The lowest BCUT2D eigenvalue weighted by Gasteiger charge is -1.99. The average molecular weight is 184 g/mol. The molecular weight excluding hydrogens is 167 g/mol. The fourth-order valence-corrected chi connectivity index (χ4v) is 0.821. The highest BCUT2D eigenvalue weighted by Crippen LogP contribution is 2.14. The molecule has 0 aliphatic heterocycles. The van der Waals surface area contributed by atoms with E-state index in [2.05, 4.69) is 13.8 Å². The van der Waals surface area contributed by atoms with E-state index in [-0.39, 0.29) is 5.82 Å². The second kappa shape index (κ2) is 6.46. The van der Waals surface area contributed by atoms with Crippen LogP contribution >= 0.6 is 0 Å². The molecule has 0 heterocycles. The second-order valence-electron chi connectivity index (χ2n) is 2.88. The molecule has 13 heavy (non-hydrogen) atoms. The van der Waals surface area contributed by atoms with Gasteiger partial charge in [-0.05, 0) is 24.6 Å². The van der Waals surface area contributed by atoms with Gasteiger partial charge in [0.25, 0.3) is 0 Å². The van der Waals surface area contributed by atoms with Gasteiger partial charge in [-0.3, -0.25) is 0 Å². The molecule has 1 aromatic carbocycles. The summed E-state index contributed by atoms with van der Waals surface area (Å²) in [6, 6.07) is 4.60. The van der Waals surface area contributed by atoms with E-state index in [1.54, 1.807) is 6.07 Å². The Bertz CT molecular complexity index is 226. The zero-order valence-corrected chi connectivity index (χ0v) is 8.73. The van der Waals surface area contributed by atoms with E-state index in [0.717, 1.165) is 5.56 Å². The smallest absolute Gasteiger partial charge is 0.127 e. The van der Waals surface area contributed by atoms with Crippen LogP contribution < -0.4 is 4.74 Å². The van der Waals surface area contributed by atoms with Crippen LogP contribution in [-0.4, -0.2) is 7.11 Å². The molecule has 0 aliphatic carbocycles. The SMILES string of the molecule is CCC.COc1cc(C)cc(F)c1. The van der Waals surface area contributed by atoms with Crippen LogP contribution in [0.1, 0.15) is 25.8 Å². The van der Waals surface area contributed by atoms with Crippen molar-refractivity contribution in [2.24, 2.45) is 0 Å². The Hall–Kier alpha value is -1.05. The second-order valence-corrected chi connectivity index (χ2v) is 2.88. The van der Waals surface area contributed by atoms with Crippen molar-refractivity contribution in [2.75, 3.05) is 7.11 Å². The molecule has 0 aromatic heterocycles. The van der Waals surface area contributed by atoms with Crippen molar-refractivity contribution in [3.8, 4) is 5.75 Å². The van der Waals surface area contributed by atoms with Gasteiger partial charge in [0.1, 0.15) is 11.6 Å². The van der Waals surface area contributed by atoms with Gasteiger partial charge in [0.05, 0.1) is 7.11 Å². The predicted molar refractivity (Wildman–Crippen MR) is 53.7 cm³/mol. The molecule has 0 saturated carbocycles. The third kappa shape index (κ3) is 5.23. The van der Waals surface area contributed by atoms with E-state index < -0.39 is 0 Å². The maximum absolute atomic E-state index is 12.5. The topological polar surface area (TPSA) is 9.23 Å². The van der Waals surface area contributed by atoms with Crippen LogP contribution in [0, 0.1) is 12.7 Å². The Morgan fingerprint density at radius 2 is 1.77 bits per heavy atom. The number of aryl methyl sites for hydroxylation is 1. The van der Waals surface area contributed by atoms with Gasteiger partial charge >= 0.3 is 0 Å². The highest BCUT2D eigenvalue weighted by atomic mass is 19.1. The number of hydrogen-bond acceptors (Lipinski definition) is 1. The molecule has 0 aliphatic rings. The van der Waals surface area contributed by atoms with E-state index >= 15 is 0 Å². The van der Waals surface area contributed by atoms with E-state index in [1.807, 2.05) is 6.92 Å². The van der Waals surface area contributed by atoms with Crippen molar-refractivity contribution in [1.82, 2.24) is 0 Å². The number of hydrogen-bond donors (Lipinski definition) is 0. The minimum atomic E-state index is -0.253. The lowest BCUT2D eigenvalue weighted by atomic mass is 10.2. The number of halogens is 1. The lowest BCUT2D eigenvalue weighted by molar-refractivity contribution is 0.411. The molecule has 2 heteroatoms. The zero-order valence-electron chi connectivity index (χ0n) is 8.73. The quantitative estimate of drug-likeness (QED) is 0.648. The van der Waals surface area contributed by atoms with Crippen LogP contribution in [0.5, 0.6) is 5.75 Å². The Kier molecular flexibility index (Phi) is 5.94. The maximum atomic E-state index is 12.5. The Labute approximate surface area is 79.5 Å². The molecule has 74 valence electrons. The molecular formula is C11H17FO. The first kappa shape index (κ1) is 11.9. The summed E-state index contributed by atoms with van der Waals surface area (Å²) in [6.07, 6.45) is 1.25. The largest absolute Gasteiger partial charge is 0.497 e. The zero-order chi connectivity index (χ0) is 10.3. The first-order chi connectivity index (χ1) is 6.13. The van der Waals surface area contributed by atoms with Gasteiger partial charge in [-0.1, -0.05) is 20.3 Å². The number of methoxy groups -OCH3 is 1. The van der Waals surface area contributed by atoms with Gasteiger partial charge in [-0.15, -0.1) is 0 Å². The Morgan fingerprint density at radius 1 is 1.23 bits per heavy atom. The van der Waals surface area contributed by atoms with Crippen molar-refractivity contribution >= 4 is 0 Å². The van der Waals surface area contributed by atoms with Gasteiger partial charge in [-0.25, -0.2) is 4.39 Å². The number of benzene rings is 1. The molecule has 0 amide bonds. The summed E-state index contributed by atoms with van der Waals surface area (Å²) >= 11 is 0. The highest BCUT2D eigenvalue weighted by molar-refractivity contribution is 5.28. The van der Waals surface area contributed by atoms with Gasteiger partial charge in [0.2, 0.25) is 0 Å². The minimum absolute atomic E-state index is 0.253. The normalized spacial score (nSPS) is 8.69. The summed E-state index contributed by atoms with van der Waals surface area (Å²) in [6.45, 7) is 6.08. The Morgan fingerprint density at radius 3 is 2.15 bits per heavy atom. The van der Waals surface area contributed by atoms with Crippen molar-refractivity contribution in [3.05, 3.63) is 29.6 Å².